The summed E-state index contributed by atoms with van der Waals surface area (Å²) in [6, 6.07) is 9.40. The Kier molecular flexibility index (Phi) is 8.11. The minimum atomic E-state index is -4.22. The van der Waals surface area contributed by atoms with Gasteiger partial charge in [-0.1, -0.05) is 70.6 Å². The van der Waals surface area contributed by atoms with Gasteiger partial charge in [0.25, 0.3) is 10.1 Å². The van der Waals surface area contributed by atoms with E-state index >= 15 is 0 Å². The average Bonchev–Trinajstić information content (AvgIpc) is 2.61. The van der Waals surface area contributed by atoms with Gasteiger partial charge in [0, 0.05) is 5.39 Å². The van der Waals surface area contributed by atoms with Gasteiger partial charge in [-0.2, -0.15) is 8.42 Å². The Bertz CT molecular complexity index is 809. The van der Waals surface area contributed by atoms with Crippen LogP contribution in [0.5, 0.6) is 0 Å². The highest BCUT2D eigenvalue weighted by molar-refractivity contribution is 7.86. The van der Waals surface area contributed by atoms with Gasteiger partial charge in [-0.15, -0.1) is 0 Å². The third-order valence-corrected chi connectivity index (χ3v) is 5.91. The Morgan fingerprint density at radius 2 is 1.46 bits per heavy atom. The van der Waals surface area contributed by atoms with Crippen LogP contribution in [0.15, 0.2) is 35.2 Å². The molecular weight excluding hydrogens is 344 g/mol. The third-order valence-electron chi connectivity index (χ3n) is 5.00. The first kappa shape index (κ1) is 20.9. The summed E-state index contributed by atoms with van der Waals surface area (Å²) in [7, 11) is -4.22. The van der Waals surface area contributed by atoms with E-state index in [1.54, 1.807) is 6.07 Å². The predicted molar refractivity (Wildman–Crippen MR) is 109 cm³/mol. The van der Waals surface area contributed by atoms with Crippen molar-refractivity contribution in [2.75, 3.05) is 0 Å². The van der Waals surface area contributed by atoms with Crippen molar-refractivity contribution in [1.82, 2.24) is 0 Å². The predicted octanol–water partition coefficient (Wildman–Crippen LogP) is 6.33. The molecule has 0 fully saturated rings. The molecular formula is C22H32O3S. The second-order valence-corrected chi connectivity index (χ2v) is 8.59. The lowest BCUT2D eigenvalue weighted by atomic mass is 9.94. The summed E-state index contributed by atoms with van der Waals surface area (Å²) in [4.78, 5) is 0.0280. The molecule has 0 radical (unpaired) electrons. The van der Waals surface area contributed by atoms with Gasteiger partial charge in [0.15, 0.2) is 0 Å². The number of benzene rings is 2. The normalized spacial score (nSPS) is 12.0. The van der Waals surface area contributed by atoms with Gasteiger partial charge in [-0.25, -0.2) is 0 Å². The fourth-order valence-corrected chi connectivity index (χ4v) is 4.27. The van der Waals surface area contributed by atoms with Gasteiger partial charge in [0.1, 0.15) is 4.90 Å². The van der Waals surface area contributed by atoms with Gasteiger partial charge in [-0.05, 0) is 54.3 Å². The number of hydrogen-bond acceptors (Lipinski definition) is 2. The monoisotopic (exact) mass is 376 g/mol. The molecule has 3 nitrogen and oxygen atoms in total. The average molecular weight is 377 g/mol. The molecule has 2 aromatic rings. The first-order chi connectivity index (χ1) is 12.5. The molecule has 2 rings (SSSR count). The molecule has 26 heavy (non-hydrogen) atoms. The standard InChI is InChI=1S/C22H32O3S/c1-3-5-7-9-12-18-16-19(13-10-8-6-4-2)20-14-11-15-22(21(20)17-18)26(23,24)25/h11,14-17H,3-10,12-13H2,1-2H3,(H,23,24,25). The molecule has 0 amide bonds. The van der Waals surface area contributed by atoms with Crippen LogP contribution in [0.4, 0.5) is 0 Å². The van der Waals surface area contributed by atoms with E-state index in [9.17, 15) is 13.0 Å². The molecule has 4 heteroatoms. The highest BCUT2D eigenvalue weighted by Gasteiger charge is 2.16. The molecule has 1 N–H and O–H groups in total. The Hall–Kier alpha value is -1.39. The molecule has 0 bridgehead atoms. The van der Waals surface area contributed by atoms with E-state index in [-0.39, 0.29) is 4.90 Å². The Morgan fingerprint density at radius 3 is 2.08 bits per heavy atom. The summed E-state index contributed by atoms with van der Waals surface area (Å²) >= 11 is 0. The number of unbranched alkanes of at least 4 members (excludes halogenated alkanes) is 6. The molecule has 0 aliphatic carbocycles. The molecule has 0 saturated heterocycles. The first-order valence-corrected chi connectivity index (χ1v) is 11.4. The number of hydrogen-bond donors (Lipinski definition) is 1. The summed E-state index contributed by atoms with van der Waals surface area (Å²) in [6.07, 6.45) is 11.4. The van der Waals surface area contributed by atoms with Crippen LogP contribution in [0, 0.1) is 0 Å². The van der Waals surface area contributed by atoms with Crippen LogP contribution in [0.1, 0.15) is 76.3 Å². The maximum absolute atomic E-state index is 11.8. The molecule has 0 spiro atoms. The van der Waals surface area contributed by atoms with Crippen molar-refractivity contribution in [2.45, 2.75) is 83.0 Å². The van der Waals surface area contributed by atoms with E-state index in [1.165, 1.54) is 55.7 Å². The van der Waals surface area contributed by atoms with E-state index in [1.807, 2.05) is 12.1 Å². The highest BCUT2D eigenvalue weighted by Crippen LogP contribution is 2.29. The fourth-order valence-electron chi connectivity index (χ4n) is 3.58. The molecule has 0 aromatic heterocycles. The first-order valence-electron chi connectivity index (χ1n) is 9.99. The Balaban J connectivity index is 2.38. The van der Waals surface area contributed by atoms with E-state index in [0.717, 1.165) is 31.1 Å². The summed E-state index contributed by atoms with van der Waals surface area (Å²) in [6.45, 7) is 4.40. The van der Waals surface area contributed by atoms with Crippen molar-refractivity contribution in [2.24, 2.45) is 0 Å². The van der Waals surface area contributed by atoms with Gasteiger partial charge in [0.2, 0.25) is 0 Å². The van der Waals surface area contributed by atoms with Crippen LogP contribution >= 0.6 is 0 Å². The Labute approximate surface area is 158 Å². The van der Waals surface area contributed by atoms with E-state index in [4.69, 9.17) is 0 Å². The lowest BCUT2D eigenvalue weighted by molar-refractivity contribution is 0.484. The minimum absolute atomic E-state index is 0.0280. The SMILES string of the molecule is CCCCCCc1cc(CCCCCC)c2cccc(S(=O)(=O)O)c2c1. The minimum Gasteiger partial charge on any atom is -0.282 e. The van der Waals surface area contributed by atoms with Gasteiger partial charge in [0.05, 0.1) is 0 Å². The van der Waals surface area contributed by atoms with Crippen LogP contribution in [0.25, 0.3) is 10.8 Å². The Morgan fingerprint density at radius 1 is 0.808 bits per heavy atom. The number of fused-ring (bicyclic) bond motifs is 1. The molecule has 0 atom stereocenters. The van der Waals surface area contributed by atoms with Crippen molar-refractivity contribution < 1.29 is 13.0 Å². The van der Waals surface area contributed by atoms with Crippen LogP contribution in [-0.2, 0) is 23.0 Å². The van der Waals surface area contributed by atoms with Crippen molar-refractivity contribution in [3.05, 3.63) is 41.5 Å². The smallest absolute Gasteiger partial charge is 0.282 e. The zero-order chi connectivity index (χ0) is 19.0. The highest BCUT2D eigenvalue weighted by atomic mass is 32.2. The van der Waals surface area contributed by atoms with E-state index in [0.29, 0.717) is 5.39 Å². The van der Waals surface area contributed by atoms with Crippen molar-refractivity contribution in [1.29, 1.82) is 0 Å². The molecule has 0 unspecified atom stereocenters. The molecule has 0 aliphatic heterocycles. The third kappa shape index (κ3) is 5.82. The molecule has 2 aromatic carbocycles. The molecule has 0 heterocycles. The fraction of sp³-hybridized carbons (Fsp3) is 0.545. The van der Waals surface area contributed by atoms with E-state index < -0.39 is 10.1 Å². The quantitative estimate of drug-likeness (QED) is 0.368. The largest absolute Gasteiger partial charge is 0.295 e. The number of rotatable bonds is 11. The summed E-state index contributed by atoms with van der Waals surface area (Å²) in [5.74, 6) is 0. The van der Waals surface area contributed by atoms with Crippen LogP contribution in [0.2, 0.25) is 0 Å². The van der Waals surface area contributed by atoms with Gasteiger partial charge < -0.3 is 0 Å². The summed E-state index contributed by atoms with van der Waals surface area (Å²) in [5.41, 5.74) is 2.38. The second-order valence-electron chi connectivity index (χ2n) is 7.20. The van der Waals surface area contributed by atoms with Gasteiger partial charge in [-0.3, -0.25) is 4.55 Å². The van der Waals surface area contributed by atoms with Crippen molar-refractivity contribution >= 4 is 20.9 Å². The molecule has 0 aliphatic rings. The number of aryl methyl sites for hydroxylation is 2. The lowest BCUT2D eigenvalue weighted by Crippen LogP contribution is -2.01. The zero-order valence-electron chi connectivity index (χ0n) is 16.1. The van der Waals surface area contributed by atoms with E-state index in [2.05, 4.69) is 19.9 Å². The van der Waals surface area contributed by atoms with Gasteiger partial charge >= 0.3 is 0 Å². The summed E-state index contributed by atoms with van der Waals surface area (Å²) < 4.78 is 33.3. The van der Waals surface area contributed by atoms with Crippen LogP contribution in [-0.4, -0.2) is 13.0 Å². The second kappa shape index (κ2) is 10.1. The molecule has 144 valence electrons. The van der Waals surface area contributed by atoms with Crippen molar-refractivity contribution in [3.8, 4) is 0 Å². The molecule has 0 saturated carbocycles. The summed E-state index contributed by atoms with van der Waals surface area (Å²) in [5, 5.41) is 1.61. The maximum atomic E-state index is 11.8. The zero-order valence-corrected chi connectivity index (χ0v) is 16.9. The van der Waals surface area contributed by atoms with Crippen LogP contribution in [0.3, 0.4) is 0 Å². The maximum Gasteiger partial charge on any atom is 0.295 e. The lowest BCUT2D eigenvalue weighted by Gasteiger charge is -2.13. The topological polar surface area (TPSA) is 54.4 Å². The van der Waals surface area contributed by atoms with Crippen molar-refractivity contribution in [3.63, 3.8) is 0 Å². The van der Waals surface area contributed by atoms with Crippen LogP contribution < -0.4 is 0 Å².